The Morgan fingerprint density at radius 1 is 1.03 bits per heavy atom. The summed E-state index contributed by atoms with van der Waals surface area (Å²) >= 11 is 0. The maximum atomic E-state index is 9.56. The standard InChI is InChI=1S/C23H28N4O2/c1-18-7-9-19(10-8-18)15-27-13-12-26(16-21(27)11-14-28)17-22-24-23(25-29-22)20-5-3-2-4-6-20/h2-10,21,28H,11-17H2,1H3/t21-/m1/s1. The Bertz CT molecular complexity index is 895. The van der Waals surface area contributed by atoms with Crippen LogP contribution < -0.4 is 0 Å². The van der Waals surface area contributed by atoms with E-state index in [9.17, 15) is 5.11 Å². The summed E-state index contributed by atoms with van der Waals surface area (Å²) in [5, 5.41) is 13.7. The molecule has 0 radical (unpaired) electrons. The fraction of sp³-hybridized carbons (Fsp3) is 0.391. The van der Waals surface area contributed by atoms with E-state index in [0.717, 1.165) is 38.2 Å². The van der Waals surface area contributed by atoms with Gasteiger partial charge in [-0.25, -0.2) is 0 Å². The van der Waals surface area contributed by atoms with Crippen molar-refractivity contribution in [1.82, 2.24) is 19.9 Å². The molecule has 6 heteroatoms. The first-order valence-corrected chi connectivity index (χ1v) is 10.2. The molecule has 0 unspecified atom stereocenters. The van der Waals surface area contributed by atoms with E-state index in [1.807, 2.05) is 30.3 Å². The highest BCUT2D eigenvalue weighted by atomic mass is 16.5. The van der Waals surface area contributed by atoms with E-state index in [0.29, 0.717) is 24.3 Å². The van der Waals surface area contributed by atoms with E-state index in [1.54, 1.807) is 0 Å². The summed E-state index contributed by atoms with van der Waals surface area (Å²) in [6.45, 7) is 6.64. The van der Waals surface area contributed by atoms with Crippen molar-refractivity contribution in [2.24, 2.45) is 0 Å². The summed E-state index contributed by atoms with van der Waals surface area (Å²) < 4.78 is 5.48. The normalized spacial score (nSPS) is 18.2. The van der Waals surface area contributed by atoms with Gasteiger partial charge >= 0.3 is 0 Å². The van der Waals surface area contributed by atoms with Crippen LogP contribution in [0.1, 0.15) is 23.4 Å². The molecule has 0 saturated carbocycles. The predicted octanol–water partition coefficient (Wildman–Crippen LogP) is 3.11. The van der Waals surface area contributed by atoms with Gasteiger partial charge in [-0.05, 0) is 18.9 Å². The second-order valence-corrected chi connectivity index (χ2v) is 7.74. The number of hydrogen-bond donors (Lipinski definition) is 1. The maximum absolute atomic E-state index is 9.56. The van der Waals surface area contributed by atoms with E-state index < -0.39 is 0 Å². The minimum Gasteiger partial charge on any atom is -0.396 e. The largest absolute Gasteiger partial charge is 0.396 e. The van der Waals surface area contributed by atoms with Crippen molar-refractivity contribution >= 4 is 0 Å². The number of aromatic nitrogens is 2. The average Bonchev–Trinajstić information content (AvgIpc) is 3.21. The van der Waals surface area contributed by atoms with Crippen LogP contribution in [0.5, 0.6) is 0 Å². The van der Waals surface area contributed by atoms with Crippen molar-refractivity contribution in [3.63, 3.8) is 0 Å². The van der Waals surface area contributed by atoms with Crippen molar-refractivity contribution in [3.8, 4) is 11.4 Å². The van der Waals surface area contributed by atoms with E-state index in [4.69, 9.17) is 4.52 Å². The van der Waals surface area contributed by atoms with Crippen LogP contribution in [0.4, 0.5) is 0 Å². The van der Waals surface area contributed by atoms with Crippen LogP contribution in [0, 0.1) is 6.92 Å². The van der Waals surface area contributed by atoms with Crippen molar-refractivity contribution < 1.29 is 9.63 Å². The Morgan fingerprint density at radius 3 is 2.59 bits per heavy atom. The average molecular weight is 393 g/mol. The summed E-state index contributed by atoms with van der Waals surface area (Å²) in [6.07, 6.45) is 0.765. The maximum Gasteiger partial charge on any atom is 0.241 e. The molecule has 6 nitrogen and oxygen atoms in total. The summed E-state index contributed by atoms with van der Waals surface area (Å²) in [5.41, 5.74) is 3.56. The Labute approximate surface area is 171 Å². The lowest BCUT2D eigenvalue weighted by molar-refractivity contribution is 0.0450. The highest BCUT2D eigenvalue weighted by Gasteiger charge is 2.27. The monoisotopic (exact) mass is 392 g/mol. The van der Waals surface area contributed by atoms with Crippen LogP contribution in [-0.2, 0) is 13.1 Å². The Kier molecular flexibility index (Phi) is 6.34. The molecule has 1 aliphatic rings. The van der Waals surface area contributed by atoms with Gasteiger partial charge in [0.05, 0.1) is 6.54 Å². The molecule has 0 aliphatic carbocycles. The number of nitrogens with zero attached hydrogens (tertiary/aromatic N) is 4. The van der Waals surface area contributed by atoms with Gasteiger partial charge in [-0.3, -0.25) is 9.80 Å². The third-order valence-corrected chi connectivity index (χ3v) is 5.52. The fourth-order valence-corrected chi connectivity index (χ4v) is 3.87. The highest BCUT2D eigenvalue weighted by Crippen LogP contribution is 2.20. The lowest BCUT2D eigenvalue weighted by atomic mass is 10.1. The molecule has 29 heavy (non-hydrogen) atoms. The molecule has 1 N–H and O–H groups in total. The van der Waals surface area contributed by atoms with Crippen molar-refractivity contribution in [3.05, 3.63) is 71.6 Å². The number of piperazine rings is 1. The van der Waals surface area contributed by atoms with Gasteiger partial charge in [0.15, 0.2) is 0 Å². The van der Waals surface area contributed by atoms with Gasteiger partial charge in [0, 0.05) is 44.4 Å². The van der Waals surface area contributed by atoms with Gasteiger partial charge in [0.1, 0.15) is 0 Å². The predicted molar refractivity (Wildman–Crippen MR) is 112 cm³/mol. The highest BCUT2D eigenvalue weighted by molar-refractivity contribution is 5.53. The summed E-state index contributed by atoms with van der Waals surface area (Å²) in [5.74, 6) is 1.27. The van der Waals surface area contributed by atoms with Crippen molar-refractivity contribution in [1.29, 1.82) is 0 Å². The first kappa shape index (κ1) is 19.8. The van der Waals surface area contributed by atoms with Crippen LogP contribution in [0.15, 0.2) is 59.1 Å². The molecular weight excluding hydrogens is 364 g/mol. The fourth-order valence-electron chi connectivity index (χ4n) is 3.87. The van der Waals surface area contributed by atoms with Crippen molar-refractivity contribution in [2.75, 3.05) is 26.2 Å². The van der Waals surface area contributed by atoms with Gasteiger partial charge < -0.3 is 9.63 Å². The smallest absolute Gasteiger partial charge is 0.241 e. The van der Waals surface area contributed by atoms with Gasteiger partial charge in [0.25, 0.3) is 0 Å². The number of aliphatic hydroxyl groups is 1. The third-order valence-electron chi connectivity index (χ3n) is 5.52. The minimum absolute atomic E-state index is 0.196. The molecule has 1 fully saturated rings. The molecule has 2 heterocycles. The molecule has 1 saturated heterocycles. The molecule has 4 rings (SSSR count). The van der Waals surface area contributed by atoms with E-state index in [1.165, 1.54) is 11.1 Å². The lowest BCUT2D eigenvalue weighted by Gasteiger charge is -2.41. The van der Waals surface area contributed by atoms with E-state index in [-0.39, 0.29) is 6.61 Å². The summed E-state index contributed by atoms with van der Waals surface area (Å²) in [7, 11) is 0. The van der Waals surface area contributed by atoms with E-state index in [2.05, 4.69) is 51.1 Å². The first-order valence-electron chi connectivity index (χ1n) is 10.2. The minimum atomic E-state index is 0.196. The zero-order chi connectivity index (χ0) is 20.1. The van der Waals surface area contributed by atoms with Gasteiger partial charge in [-0.15, -0.1) is 0 Å². The topological polar surface area (TPSA) is 65.6 Å². The molecule has 0 bridgehead atoms. The molecule has 2 aromatic carbocycles. The van der Waals surface area contributed by atoms with Crippen molar-refractivity contribution in [2.45, 2.75) is 32.5 Å². The Hall–Kier alpha value is -2.54. The molecule has 3 aromatic rings. The number of benzene rings is 2. The third kappa shape index (κ3) is 5.09. The van der Waals surface area contributed by atoms with Crippen LogP contribution in [0.3, 0.4) is 0 Å². The van der Waals surface area contributed by atoms with E-state index >= 15 is 0 Å². The van der Waals surface area contributed by atoms with Gasteiger partial charge in [0.2, 0.25) is 11.7 Å². The number of aryl methyl sites for hydroxylation is 1. The molecule has 152 valence electrons. The van der Waals surface area contributed by atoms with Crippen LogP contribution >= 0.6 is 0 Å². The molecular formula is C23H28N4O2. The summed E-state index contributed by atoms with van der Waals surface area (Å²) in [4.78, 5) is 9.37. The van der Waals surface area contributed by atoms with Gasteiger partial charge in [-0.2, -0.15) is 4.98 Å². The quantitative estimate of drug-likeness (QED) is 0.666. The zero-order valence-corrected chi connectivity index (χ0v) is 16.9. The second-order valence-electron chi connectivity index (χ2n) is 7.74. The molecule has 1 atom stereocenters. The first-order chi connectivity index (χ1) is 14.2. The van der Waals surface area contributed by atoms with Crippen LogP contribution in [0.2, 0.25) is 0 Å². The van der Waals surface area contributed by atoms with Crippen LogP contribution in [-0.4, -0.2) is 57.3 Å². The number of rotatable bonds is 7. The lowest BCUT2D eigenvalue weighted by Crippen LogP contribution is -2.52. The molecule has 1 aromatic heterocycles. The number of hydrogen-bond acceptors (Lipinski definition) is 6. The Balaban J connectivity index is 1.38. The number of aliphatic hydroxyl groups excluding tert-OH is 1. The molecule has 1 aliphatic heterocycles. The molecule has 0 amide bonds. The molecule has 0 spiro atoms. The van der Waals surface area contributed by atoms with Crippen LogP contribution in [0.25, 0.3) is 11.4 Å². The van der Waals surface area contributed by atoms with Gasteiger partial charge in [-0.1, -0.05) is 65.3 Å². The summed E-state index contributed by atoms with van der Waals surface area (Å²) in [6, 6.07) is 18.9. The second kappa shape index (κ2) is 9.31. The SMILES string of the molecule is Cc1ccc(CN2CCN(Cc3nc(-c4ccccc4)no3)C[C@H]2CCO)cc1. The Morgan fingerprint density at radius 2 is 1.83 bits per heavy atom. The zero-order valence-electron chi connectivity index (χ0n) is 16.9.